The van der Waals surface area contributed by atoms with Crippen LogP contribution in [-0.4, -0.2) is 67.0 Å². The number of aromatic nitrogens is 1. The molecule has 0 spiro atoms. The number of rotatable bonds is 6. The molecule has 2 fully saturated rings. The molecular weight excluding hydrogens is 500 g/mol. The van der Waals surface area contributed by atoms with E-state index in [-0.39, 0.29) is 43.0 Å². The number of ether oxygens (including phenoxy) is 1. The molecule has 5 rings (SSSR count). The van der Waals surface area contributed by atoms with Gasteiger partial charge in [-0.15, -0.1) is 12.4 Å². The van der Waals surface area contributed by atoms with E-state index in [1.807, 2.05) is 0 Å². The fraction of sp³-hybridized carbons (Fsp3) is 0.385. The van der Waals surface area contributed by atoms with Crippen molar-refractivity contribution in [2.45, 2.75) is 26.7 Å². The van der Waals surface area contributed by atoms with Crippen LogP contribution in [0.1, 0.15) is 34.3 Å². The summed E-state index contributed by atoms with van der Waals surface area (Å²) in [5, 5.41) is 0.664. The minimum atomic E-state index is -0.207. The largest absolute Gasteiger partial charge is 0.379 e. The van der Waals surface area contributed by atoms with Crippen LogP contribution in [0.4, 0.5) is 10.8 Å². The molecule has 3 heterocycles. The van der Waals surface area contributed by atoms with Crippen molar-refractivity contribution in [3.8, 4) is 0 Å². The number of imide groups is 1. The van der Waals surface area contributed by atoms with Gasteiger partial charge in [0.05, 0.1) is 29.1 Å². The van der Waals surface area contributed by atoms with Crippen molar-refractivity contribution in [1.29, 1.82) is 0 Å². The Morgan fingerprint density at radius 1 is 1.03 bits per heavy atom. The molecule has 2 aromatic carbocycles. The van der Waals surface area contributed by atoms with Gasteiger partial charge in [0.2, 0.25) is 11.8 Å². The average Bonchev–Trinajstić information content (AvgIpc) is 3.42. The lowest BCUT2D eigenvalue weighted by Gasteiger charge is -2.29. The van der Waals surface area contributed by atoms with Gasteiger partial charge in [0, 0.05) is 44.6 Å². The molecule has 190 valence electrons. The number of benzene rings is 2. The molecule has 0 saturated carbocycles. The average molecular weight is 529 g/mol. The second-order valence-electron chi connectivity index (χ2n) is 8.98. The van der Waals surface area contributed by atoms with Gasteiger partial charge in [-0.05, 0) is 61.4 Å². The summed E-state index contributed by atoms with van der Waals surface area (Å²) in [5.74, 6) is -0.570. The van der Waals surface area contributed by atoms with Crippen molar-refractivity contribution in [3.05, 3.63) is 53.1 Å². The Morgan fingerprint density at radius 3 is 2.33 bits per heavy atom. The SMILES string of the molecule is Cc1cc2nc(N(CCN3CCOCC3)C(=O)c3ccc(N4C(=O)CCC4=O)cc3)sc2cc1C.Cl. The minimum absolute atomic E-state index is 0. The standard InChI is InChI=1S/C26H28N4O4S.ClH/c1-17-15-21-22(16-18(17)2)35-26(27-21)29(10-9-28-11-13-34-14-12-28)25(33)19-3-5-20(6-4-19)30-23(31)7-8-24(30)32;/h3-6,15-16H,7-14H2,1-2H3;1H. The Labute approximate surface area is 220 Å². The van der Waals surface area contributed by atoms with E-state index in [0.717, 1.165) is 29.9 Å². The highest BCUT2D eigenvalue weighted by molar-refractivity contribution is 7.22. The van der Waals surface area contributed by atoms with Crippen LogP contribution in [0.3, 0.4) is 0 Å². The summed E-state index contributed by atoms with van der Waals surface area (Å²) in [6.45, 7) is 8.44. The summed E-state index contributed by atoms with van der Waals surface area (Å²) in [7, 11) is 0. The van der Waals surface area contributed by atoms with E-state index in [0.29, 0.717) is 36.1 Å². The maximum absolute atomic E-state index is 13.7. The summed E-state index contributed by atoms with van der Waals surface area (Å²) in [4.78, 5) is 47.9. The summed E-state index contributed by atoms with van der Waals surface area (Å²) in [5.41, 5.74) is 4.24. The molecule has 3 amide bonds. The van der Waals surface area contributed by atoms with Crippen molar-refractivity contribution in [2.75, 3.05) is 49.2 Å². The molecule has 2 saturated heterocycles. The van der Waals surface area contributed by atoms with E-state index in [1.54, 1.807) is 29.2 Å². The maximum Gasteiger partial charge on any atom is 0.260 e. The van der Waals surface area contributed by atoms with Gasteiger partial charge in [0.25, 0.3) is 5.91 Å². The first-order valence-electron chi connectivity index (χ1n) is 11.9. The molecule has 8 nitrogen and oxygen atoms in total. The van der Waals surface area contributed by atoms with Crippen molar-refractivity contribution < 1.29 is 19.1 Å². The van der Waals surface area contributed by atoms with E-state index in [4.69, 9.17) is 9.72 Å². The van der Waals surface area contributed by atoms with Crippen LogP contribution >= 0.6 is 23.7 Å². The number of amides is 3. The van der Waals surface area contributed by atoms with Crippen LogP contribution in [0.5, 0.6) is 0 Å². The minimum Gasteiger partial charge on any atom is -0.379 e. The highest BCUT2D eigenvalue weighted by Gasteiger charge is 2.30. The normalized spacial score (nSPS) is 16.4. The Hall–Kier alpha value is -2.85. The summed E-state index contributed by atoms with van der Waals surface area (Å²) in [6, 6.07) is 10.9. The van der Waals surface area contributed by atoms with E-state index in [1.165, 1.54) is 27.4 Å². The fourth-order valence-electron chi connectivity index (χ4n) is 4.41. The zero-order valence-corrected chi connectivity index (χ0v) is 22.0. The lowest BCUT2D eigenvalue weighted by atomic mass is 10.1. The molecule has 10 heteroatoms. The quantitative estimate of drug-likeness (QED) is 0.450. The number of carbonyl (C=O) groups excluding carboxylic acids is 3. The molecule has 0 bridgehead atoms. The van der Waals surface area contributed by atoms with Gasteiger partial charge in [0.15, 0.2) is 5.13 Å². The Kier molecular flexibility index (Phi) is 8.04. The summed E-state index contributed by atoms with van der Waals surface area (Å²) < 4.78 is 6.50. The monoisotopic (exact) mass is 528 g/mol. The predicted octanol–water partition coefficient (Wildman–Crippen LogP) is 3.97. The van der Waals surface area contributed by atoms with Crippen LogP contribution in [0.25, 0.3) is 10.2 Å². The zero-order valence-electron chi connectivity index (χ0n) is 20.4. The van der Waals surface area contributed by atoms with Crippen LogP contribution < -0.4 is 9.80 Å². The Bertz CT molecular complexity index is 1230. The highest BCUT2D eigenvalue weighted by atomic mass is 35.5. The van der Waals surface area contributed by atoms with Gasteiger partial charge in [-0.2, -0.15) is 0 Å². The van der Waals surface area contributed by atoms with Crippen LogP contribution in [0.15, 0.2) is 36.4 Å². The van der Waals surface area contributed by atoms with Gasteiger partial charge in [0.1, 0.15) is 0 Å². The van der Waals surface area contributed by atoms with E-state index in [2.05, 4.69) is 30.9 Å². The van der Waals surface area contributed by atoms with Gasteiger partial charge in [-0.3, -0.25) is 29.1 Å². The van der Waals surface area contributed by atoms with Gasteiger partial charge in [-0.25, -0.2) is 4.98 Å². The predicted molar refractivity (Wildman–Crippen MR) is 143 cm³/mol. The first-order valence-corrected chi connectivity index (χ1v) is 12.7. The number of nitrogens with zero attached hydrogens (tertiary/aromatic N) is 4. The summed E-state index contributed by atoms with van der Waals surface area (Å²) in [6.07, 6.45) is 0.455. The number of aryl methyl sites for hydroxylation is 2. The number of hydrogen-bond donors (Lipinski definition) is 0. The zero-order chi connectivity index (χ0) is 24.5. The third-order valence-electron chi connectivity index (χ3n) is 6.64. The highest BCUT2D eigenvalue weighted by Crippen LogP contribution is 2.32. The van der Waals surface area contributed by atoms with E-state index in [9.17, 15) is 14.4 Å². The number of thiazole rings is 1. The first-order chi connectivity index (χ1) is 16.9. The molecular formula is C26H29ClN4O4S. The second kappa shape index (κ2) is 11.0. The molecule has 0 atom stereocenters. The lowest BCUT2D eigenvalue weighted by molar-refractivity contribution is -0.121. The first kappa shape index (κ1) is 26.2. The summed E-state index contributed by atoms with van der Waals surface area (Å²) >= 11 is 1.52. The molecule has 2 aliphatic heterocycles. The molecule has 0 unspecified atom stereocenters. The van der Waals surface area contributed by atoms with Crippen molar-refractivity contribution in [1.82, 2.24) is 9.88 Å². The van der Waals surface area contributed by atoms with Crippen molar-refractivity contribution >= 4 is 62.5 Å². The number of fused-ring (bicyclic) bond motifs is 1. The van der Waals surface area contributed by atoms with Gasteiger partial charge < -0.3 is 4.74 Å². The molecule has 0 aliphatic carbocycles. The second-order valence-corrected chi connectivity index (χ2v) is 9.99. The number of halogens is 1. The third kappa shape index (κ3) is 5.29. The molecule has 36 heavy (non-hydrogen) atoms. The van der Waals surface area contributed by atoms with Crippen molar-refractivity contribution in [2.24, 2.45) is 0 Å². The molecule has 1 aromatic heterocycles. The molecule has 2 aliphatic rings. The van der Waals surface area contributed by atoms with Gasteiger partial charge in [-0.1, -0.05) is 11.3 Å². The number of morpholine rings is 1. The topological polar surface area (TPSA) is 83.1 Å². The van der Waals surface area contributed by atoms with E-state index < -0.39 is 0 Å². The fourth-order valence-corrected chi connectivity index (χ4v) is 5.48. The molecule has 0 N–H and O–H groups in total. The molecule has 3 aromatic rings. The van der Waals surface area contributed by atoms with Crippen LogP contribution in [-0.2, 0) is 14.3 Å². The number of hydrogen-bond acceptors (Lipinski definition) is 7. The molecule has 0 radical (unpaired) electrons. The number of anilines is 2. The van der Waals surface area contributed by atoms with E-state index >= 15 is 0 Å². The maximum atomic E-state index is 13.7. The number of carbonyl (C=O) groups is 3. The van der Waals surface area contributed by atoms with Crippen LogP contribution in [0.2, 0.25) is 0 Å². The smallest absolute Gasteiger partial charge is 0.260 e. The van der Waals surface area contributed by atoms with Gasteiger partial charge >= 0.3 is 0 Å². The van der Waals surface area contributed by atoms with Crippen LogP contribution in [0, 0.1) is 13.8 Å². The Morgan fingerprint density at radius 2 is 1.67 bits per heavy atom. The van der Waals surface area contributed by atoms with Crippen molar-refractivity contribution in [3.63, 3.8) is 0 Å². The Balaban J connectivity index is 0.00000304. The third-order valence-corrected chi connectivity index (χ3v) is 7.68. The lowest BCUT2D eigenvalue weighted by Crippen LogP contribution is -2.43.